The zero-order valence-electron chi connectivity index (χ0n) is 12.2. The SMILES string of the molecule is Cc1ccc(C(C)C)c(Oc2nc(Br)cn3ccnc23)c1. The molecule has 108 valence electrons. The van der Waals surface area contributed by atoms with Crippen molar-refractivity contribution in [1.82, 2.24) is 14.4 Å². The van der Waals surface area contributed by atoms with Gasteiger partial charge in [-0.25, -0.2) is 9.97 Å². The Morgan fingerprint density at radius 3 is 2.86 bits per heavy atom. The molecule has 4 nitrogen and oxygen atoms in total. The number of aryl methyl sites for hydroxylation is 1. The van der Waals surface area contributed by atoms with Crippen molar-refractivity contribution in [3.8, 4) is 11.6 Å². The number of hydrogen-bond donors (Lipinski definition) is 0. The molecule has 5 heteroatoms. The van der Waals surface area contributed by atoms with E-state index < -0.39 is 0 Å². The molecular formula is C16H16BrN3O. The molecule has 0 aliphatic carbocycles. The van der Waals surface area contributed by atoms with Gasteiger partial charge in [0, 0.05) is 18.6 Å². The summed E-state index contributed by atoms with van der Waals surface area (Å²) in [6, 6.07) is 6.25. The second-order valence-electron chi connectivity index (χ2n) is 5.32. The van der Waals surface area contributed by atoms with E-state index in [0.717, 1.165) is 16.9 Å². The van der Waals surface area contributed by atoms with Crippen molar-refractivity contribution in [2.45, 2.75) is 26.7 Å². The van der Waals surface area contributed by atoms with Gasteiger partial charge in [0.2, 0.25) is 5.65 Å². The molecule has 2 aromatic heterocycles. The third-order valence-electron chi connectivity index (χ3n) is 3.31. The topological polar surface area (TPSA) is 39.4 Å². The molecule has 2 heterocycles. The molecule has 0 unspecified atom stereocenters. The number of nitrogens with zero attached hydrogens (tertiary/aromatic N) is 3. The standard InChI is InChI=1S/C16H16BrN3O/c1-10(2)12-5-4-11(3)8-13(12)21-16-15-18-6-7-20(15)9-14(17)19-16/h4-10H,1-3H3. The van der Waals surface area contributed by atoms with Gasteiger partial charge in [-0.3, -0.25) is 4.40 Å². The second-order valence-corrected chi connectivity index (χ2v) is 6.14. The smallest absolute Gasteiger partial charge is 0.264 e. The van der Waals surface area contributed by atoms with E-state index in [1.54, 1.807) is 6.20 Å². The normalized spacial score (nSPS) is 11.3. The number of aromatic nitrogens is 3. The predicted molar refractivity (Wildman–Crippen MR) is 86.0 cm³/mol. The van der Waals surface area contributed by atoms with Gasteiger partial charge in [-0.1, -0.05) is 26.0 Å². The molecule has 0 N–H and O–H groups in total. The fraction of sp³-hybridized carbons (Fsp3) is 0.250. The number of imidazole rings is 1. The number of rotatable bonds is 3. The lowest BCUT2D eigenvalue weighted by atomic mass is 10.0. The summed E-state index contributed by atoms with van der Waals surface area (Å²) in [7, 11) is 0. The van der Waals surface area contributed by atoms with Crippen molar-refractivity contribution in [2.75, 3.05) is 0 Å². The maximum Gasteiger partial charge on any atom is 0.264 e. The van der Waals surface area contributed by atoms with Gasteiger partial charge in [0.1, 0.15) is 10.4 Å². The molecule has 0 bridgehead atoms. The maximum atomic E-state index is 6.08. The maximum absolute atomic E-state index is 6.08. The van der Waals surface area contributed by atoms with Crippen molar-refractivity contribution >= 4 is 21.6 Å². The van der Waals surface area contributed by atoms with Crippen molar-refractivity contribution in [3.05, 3.63) is 52.5 Å². The first-order chi connectivity index (χ1) is 10.0. The van der Waals surface area contributed by atoms with E-state index in [2.05, 4.69) is 58.8 Å². The van der Waals surface area contributed by atoms with Crippen LogP contribution in [0.15, 0.2) is 41.4 Å². The molecule has 0 spiro atoms. The Labute approximate surface area is 131 Å². The van der Waals surface area contributed by atoms with Gasteiger partial charge in [0.15, 0.2) is 0 Å². The van der Waals surface area contributed by atoms with E-state index in [-0.39, 0.29) is 0 Å². The summed E-state index contributed by atoms with van der Waals surface area (Å²) in [6.07, 6.45) is 5.46. The van der Waals surface area contributed by atoms with Gasteiger partial charge in [-0.05, 0) is 46.0 Å². The average Bonchev–Trinajstić information content (AvgIpc) is 2.86. The van der Waals surface area contributed by atoms with E-state index in [0.29, 0.717) is 22.0 Å². The minimum Gasteiger partial charge on any atom is -0.436 e. The molecule has 0 radical (unpaired) electrons. The van der Waals surface area contributed by atoms with Crippen LogP contribution in [0.25, 0.3) is 5.65 Å². The molecule has 3 aromatic rings. The van der Waals surface area contributed by atoms with Crippen molar-refractivity contribution in [3.63, 3.8) is 0 Å². The number of fused-ring (bicyclic) bond motifs is 1. The van der Waals surface area contributed by atoms with E-state index in [1.165, 1.54) is 0 Å². The fourth-order valence-electron chi connectivity index (χ4n) is 2.25. The average molecular weight is 346 g/mol. The summed E-state index contributed by atoms with van der Waals surface area (Å²) in [5.41, 5.74) is 3.02. The number of hydrogen-bond acceptors (Lipinski definition) is 3. The van der Waals surface area contributed by atoms with E-state index in [1.807, 2.05) is 22.9 Å². The van der Waals surface area contributed by atoms with Crippen LogP contribution in [0.1, 0.15) is 30.9 Å². The van der Waals surface area contributed by atoms with E-state index >= 15 is 0 Å². The first kappa shape index (κ1) is 14.1. The van der Waals surface area contributed by atoms with Crippen LogP contribution >= 0.6 is 15.9 Å². The van der Waals surface area contributed by atoms with Crippen LogP contribution in [0, 0.1) is 6.92 Å². The first-order valence-electron chi connectivity index (χ1n) is 6.82. The van der Waals surface area contributed by atoms with Crippen LogP contribution in [-0.2, 0) is 0 Å². The Hall–Kier alpha value is -1.88. The Morgan fingerprint density at radius 2 is 2.10 bits per heavy atom. The van der Waals surface area contributed by atoms with Crippen LogP contribution in [-0.4, -0.2) is 14.4 Å². The third-order valence-corrected chi connectivity index (χ3v) is 3.69. The fourth-order valence-corrected chi connectivity index (χ4v) is 2.63. The van der Waals surface area contributed by atoms with Crippen LogP contribution in [0.5, 0.6) is 11.6 Å². The Bertz CT molecular complexity index is 795. The molecule has 3 rings (SSSR count). The molecule has 1 aromatic carbocycles. The summed E-state index contributed by atoms with van der Waals surface area (Å²) < 4.78 is 8.68. The molecule has 21 heavy (non-hydrogen) atoms. The zero-order chi connectivity index (χ0) is 15.0. The molecule has 0 saturated heterocycles. The highest BCUT2D eigenvalue weighted by molar-refractivity contribution is 9.10. The second kappa shape index (κ2) is 5.48. The number of halogens is 1. The lowest BCUT2D eigenvalue weighted by molar-refractivity contribution is 0.455. The first-order valence-corrected chi connectivity index (χ1v) is 7.61. The third kappa shape index (κ3) is 2.78. The van der Waals surface area contributed by atoms with Gasteiger partial charge in [0.05, 0.1) is 0 Å². The molecule has 0 atom stereocenters. The van der Waals surface area contributed by atoms with Crippen molar-refractivity contribution < 1.29 is 4.74 Å². The zero-order valence-corrected chi connectivity index (χ0v) is 13.8. The Kier molecular flexibility index (Phi) is 3.68. The summed E-state index contributed by atoms with van der Waals surface area (Å²) in [4.78, 5) is 8.72. The lowest BCUT2D eigenvalue weighted by Crippen LogP contribution is -1.99. The summed E-state index contributed by atoms with van der Waals surface area (Å²) in [5.74, 6) is 1.71. The van der Waals surface area contributed by atoms with Crippen LogP contribution in [0.2, 0.25) is 0 Å². The highest BCUT2D eigenvalue weighted by Gasteiger charge is 2.13. The van der Waals surface area contributed by atoms with Gasteiger partial charge >= 0.3 is 0 Å². The van der Waals surface area contributed by atoms with Gasteiger partial charge < -0.3 is 4.74 Å². The number of benzene rings is 1. The van der Waals surface area contributed by atoms with Crippen LogP contribution in [0.4, 0.5) is 0 Å². The van der Waals surface area contributed by atoms with Crippen LogP contribution in [0.3, 0.4) is 0 Å². The monoisotopic (exact) mass is 345 g/mol. The van der Waals surface area contributed by atoms with Gasteiger partial charge in [-0.2, -0.15) is 0 Å². The van der Waals surface area contributed by atoms with Crippen molar-refractivity contribution in [2.24, 2.45) is 0 Å². The van der Waals surface area contributed by atoms with Gasteiger partial charge in [0.25, 0.3) is 5.88 Å². The highest BCUT2D eigenvalue weighted by atomic mass is 79.9. The summed E-state index contributed by atoms with van der Waals surface area (Å²) in [6.45, 7) is 6.35. The highest BCUT2D eigenvalue weighted by Crippen LogP contribution is 2.32. The molecule has 0 amide bonds. The lowest BCUT2D eigenvalue weighted by Gasteiger charge is -2.14. The molecule has 0 aliphatic heterocycles. The van der Waals surface area contributed by atoms with E-state index in [9.17, 15) is 0 Å². The summed E-state index contributed by atoms with van der Waals surface area (Å²) >= 11 is 3.40. The molecule has 0 aliphatic rings. The molecular weight excluding hydrogens is 330 g/mol. The van der Waals surface area contributed by atoms with E-state index in [4.69, 9.17) is 4.74 Å². The molecule has 0 saturated carbocycles. The van der Waals surface area contributed by atoms with Gasteiger partial charge in [-0.15, -0.1) is 0 Å². The predicted octanol–water partition coefficient (Wildman–Crippen LogP) is 4.72. The van der Waals surface area contributed by atoms with Crippen LogP contribution < -0.4 is 4.74 Å². The summed E-state index contributed by atoms with van der Waals surface area (Å²) in [5, 5.41) is 0. The van der Waals surface area contributed by atoms with Crippen molar-refractivity contribution in [1.29, 1.82) is 0 Å². The Balaban J connectivity index is 2.10. The minimum absolute atomic E-state index is 0.378. The largest absolute Gasteiger partial charge is 0.436 e. The quantitative estimate of drug-likeness (QED) is 0.689. The number of ether oxygens (including phenoxy) is 1. The minimum atomic E-state index is 0.378. The molecule has 0 fully saturated rings. The Morgan fingerprint density at radius 1 is 1.29 bits per heavy atom.